The second-order valence-electron chi connectivity index (χ2n) is 11.1. The van der Waals surface area contributed by atoms with E-state index in [9.17, 15) is 5.11 Å². The molecule has 0 radical (unpaired) electrons. The highest BCUT2D eigenvalue weighted by Gasteiger charge is 2.24. The largest absolute Gasteiger partial charge is 0.393 e. The van der Waals surface area contributed by atoms with Gasteiger partial charge in [0.1, 0.15) is 5.65 Å². The monoisotopic (exact) mass is 489 g/mol. The molecule has 0 saturated heterocycles. The van der Waals surface area contributed by atoms with Crippen LogP contribution < -0.4 is 10.6 Å². The van der Waals surface area contributed by atoms with Gasteiger partial charge in [-0.3, -0.25) is 0 Å². The van der Waals surface area contributed by atoms with E-state index in [1.54, 1.807) is 0 Å². The van der Waals surface area contributed by atoms with Crippen molar-refractivity contribution in [2.75, 3.05) is 5.32 Å². The molecule has 0 bridgehead atoms. The fourth-order valence-electron chi connectivity index (χ4n) is 6.04. The van der Waals surface area contributed by atoms with Crippen LogP contribution in [0.3, 0.4) is 0 Å². The van der Waals surface area contributed by atoms with E-state index in [0.717, 1.165) is 56.1 Å². The molecule has 2 aromatic heterocycles. The molecule has 5 rings (SSSR count). The van der Waals surface area contributed by atoms with Crippen LogP contribution in [0.15, 0.2) is 36.7 Å². The fraction of sp³-hybridized carbons (Fsp3) is 0.600. The summed E-state index contributed by atoms with van der Waals surface area (Å²) < 4.78 is 2.35. The molecule has 36 heavy (non-hydrogen) atoms. The van der Waals surface area contributed by atoms with E-state index in [2.05, 4.69) is 59.5 Å². The van der Waals surface area contributed by atoms with Crippen molar-refractivity contribution in [1.29, 1.82) is 0 Å². The quantitative estimate of drug-likeness (QED) is 0.316. The van der Waals surface area contributed by atoms with E-state index in [1.165, 1.54) is 48.8 Å². The standard InChI is InChI=1S/C30H43N5O/c1-3-7-21(2)33-30-32-19-27-28(20-35(29(27)34-30)25-14-16-26(36)17-15-25)23-12-10-22(11-13-23)18-31-24-8-5-4-6-9-24/h10-13,19-21,24-26,31,36H,3-9,14-18H2,1-2H3,(H,32,33,34). The summed E-state index contributed by atoms with van der Waals surface area (Å²) in [5.41, 5.74) is 4.73. The van der Waals surface area contributed by atoms with Gasteiger partial charge in [-0.15, -0.1) is 0 Å². The van der Waals surface area contributed by atoms with E-state index >= 15 is 0 Å². The molecule has 0 aliphatic heterocycles. The third-order valence-electron chi connectivity index (χ3n) is 8.19. The molecule has 6 heteroatoms. The van der Waals surface area contributed by atoms with Crippen molar-refractivity contribution >= 4 is 17.0 Å². The lowest BCUT2D eigenvalue weighted by Gasteiger charge is -2.27. The smallest absolute Gasteiger partial charge is 0.224 e. The number of anilines is 1. The number of hydrogen-bond acceptors (Lipinski definition) is 5. The van der Waals surface area contributed by atoms with E-state index < -0.39 is 0 Å². The van der Waals surface area contributed by atoms with Crippen LogP contribution in [0.5, 0.6) is 0 Å². The van der Waals surface area contributed by atoms with E-state index in [1.807, 2.05) is 6.20 Å². The molecule has 2 aliphatic carbocycles. The minimum absolute atomic E-state index is 0.168. The second-order valence-corrected chi connectivity index (χ2v) is 11.1. The number of aliphatic hydroxyl groups is 1. The Balaban J connectivity index is 1.40. The molecular weight excluding hydrogens is 446 g/mol. The second kappa shape index (κ2) is 11.7. The van der Waals surface area contributed by atoms with Gasteiger partial charge in [-0.05, 0) is 63.0 Å². The highest BCUT2D eigenvalue weighted by atomic mass is 16.3. The fourth-order valence-corrected chi connectivity index (χ4v) is 6.04. The first-order chi connectivity index (χ1) is 17.6. The Kier molecular flexibility index (Phi) is 8.22. The first-order valence-corrected chi connectivity index (χ1v) is 14.3. The number of aromatic nitrogens is 3. The average Bonchev–Trinajstić information content (AvgIpc) is 3.28. The van der Waals surface area contributed by atoms with Crippen LogP contribution in [-0.4, -0.2) is 37.8 Å². The summed E-state index contributed by atoms with van der Waals surface area (Å²) in [4.78, 5) is 9.70. The Bertz CT molecular complexity index is 1110. The highest BCUT2D eigenvalue weighted by Crippen LogP contribution is 2.37. The topological polar surface area (TPSA) is 75.0 Å². The molecule has 194 valence electrons. The predicted octanol–water partition coefficient (Wildman–Crippen LogP) is 6.60. The van der Waals surface area contributed by atoms with Crippen LogP contribution in [0.4, 0.5) is 5.95 Å². The number of rotatable bonds is 9. The molecule has 1 aromatic carbocycles. The molecule has 1 unspecified atom stereocenters. The van der Waals surface area contributed by atoms with Crippen LogP contribution in [0.25, 0.3) is 22.2 Å². The van der Waals surface area contributed by atoms with Crippen LogP contribution in [0.1, 0.15) is 96.1 Å². The molecule has 1 atom stereocenters. The maximum absolute atomic E-state index is 10.1. The van der Waals surface area contributed by atoms with E-state index in [-0.39, 0.29) is 6.10 Å². The molecule has 2 heterocycles. The van der Waals surface area contributed by atoms with Crippen molar-refractivity contribution in [3.63, 3.8) is 0 Å². The lowest BCUT2D eigenvalue weighted by atomic mass is 9.93. The van der Waals surface area contributed by atoms with Gasteiger partial charge in [-0.2, -0.15) is 4.98 Å². The minimum Gasteiger partial charge on any atom is -0.393 e. The molecule has 0 amide bonds. The van der Waals surface area contributed by atoms with Crippen molar-refractivity contribution in [2.24, 2.45) is 0 Å². The summed E-state index contributed by atoms with van der Waals surface area (Å²) in [6.45, 7) is 5.33. The van der Waals surface area contributed by atoms with Gasteiger partial charge in [0.25, 0.3) is 0 Å². The van der Waals surface area contributed by atoms with Gasteiger partial charge in [0.2, 0.25) is 5.95 Å². The number of fused-ring (bicyclic) bond motifs is 1. The van der Waals surface area contributed by atoms with Crippen molar-refractivity contribution < 1.29 is 5.11 Å². The number of benzene rings is 1. The maximum Gasteiger partial charge on any atom is 0.224 e. The minimum atomic E-state index is -0.168. The zero-order valence-corrected chi connectivity index (χ0v) is 22.0. The summed E-state index contributed by atoms with van der Waals surface area (Å²) >= 11 is 0. The third-order valence-corrected chi connectivity index (χ3v) is 8.19. The summed E-state index contributed by atoms with van der Waals surface area (Å²) in [6.07, 6.45) is 16.7. The van der Waals surface area contributed by atoms with Gasteiger partial charge >= 0.3 is 0 Å². The van der Waals surface area contributed by atoms with Crippen LogP contribution in [0, 0.1) is 0 Å². The predicted molar refractivity (Wildman–Crippen MR) is 148 cm³/mol. The Morgan fingerprint density at radius 2 is 1.78 bits per heavy atom. The Hall–Kier alpha value is -2.44. The Morgan fingerprint density at radius 1 is 1.03 bits per heavy atom. The van der Waals surface area contributed by atoms with Gasteiger partial charge < -0.3 is 20.3 Å². The molecule has 3 aromatic rings. The zero-order chi connectivity index (χ0) is 24.9. The third kappa shape index (κ3) is 5.92. The summed E-state index contributed by atoms with van der Waals surface area (Å²) in [5, 5.41) is 18.4. The number of hydrogen-bond donors (Lipinski definition) is 3. The zero-order valence-electron chi connectivity index (χ0n) is 22.0. The highest BCUT2D eigenvalue weighted by molar-refractivity contribution is 5.94. The van der Waals surface area contributed by atoms with Crippen molar-refractivity contribution in [3.05, 3.63) is 42.2 Å². The van der Waals surface area contributed by atoms with Gasteiger partial charge in [-0.1, -0.05) is 56.9 Å². The van der Waals surface area contributed by atoms with Gasteiger partial charge in [0, 0.05) is 48.0 Å². The SMILES string of the molecule is CCCC(C)Nc1ncc2c(-c3ccc(CNC4CCCCC4)cc3)cn(C3CCC(O)CC3)c2n1. The normalized spacial score (nSPS) is 22.1. The van der Waals surface area contributed by atoms with E-state index in [4.69, 9.17) is 9.97 Å². The summed E-state index contributed by atoms with van der Waals surface area (Å²) in [6, 6.07) is 10.4. The molecule has 3 N–H and O–H groups in total. The first kappa shape index (κ1) is 25.2. The van der Waals surface area contributed by atoms with Crippen molar-refractivity contribution in [2.45, 2.75) is 115 Å². The number of aliphatic hydroxyl groups excluding tert-OH is 1. The molecule has 2 aliphatic rings. The molecule has 0 spiro atoms. The number of nitrogens with zero attached hydrogens (tertiary/aromatic N) is 3. The number of nitrogens with one attached hydrogen (secondary N) is 2. The van der Waals surface area contributed by atoms with Crippen LogP contribution in [-0.2, 0) is 6.54 Å². The van der Waals surface area contributed by atoms with Crippen LogP contribution in [0.2, 0.25) is 0 Å². The Morgan fingerprint density at radius 3 is 2.50 bits per heavy atom. The first-order valence-electron chi connectivity index (χ1n) is 14.3. The summed E-state index contributed by atoms with van der Waals surface area (Å²) in [5.74, 6) is 0.703. The summed E-state index contributed by atoms with van der Waals surface area (Å²) in [7, 11) is 0. The van der Waals surface area contributed by atoms with Crippen molar-refractivity contribution in [1.82, 2.24) is 19.9 Å². The molecule has 6 nitrogen and oxygen atoms in total. The van der Waals surface area contributed by atoms with Gasteiger partial charge in [-0.25, -0.2) is 4.98 Å². The molecule has 2 saturated carbocycles. The van der Waals surface area contributed by atoms with Gasteiger partial charge in [0.15, 0.2) is 0 Å². The van der Waals surface area contributed by atoms with Crippen LogP contribution >= 0.6 is 0 Å². The average molecular weight is 490 g/mol. The van der Waals surface area contributed by atoms with Gasteiger partial charge in [0.05, 0.1) is 6.10 Å². The lowest BCUT2D eigenvalue weighted by Crippen LogP contribution is -2.30. The maximum atomic E-state index is 10.1. The Labute approximate surface area is 215 Å². The van der Waals surface area contributed by atoms with Crippen molar-refractivity contribution in [3.8, 4) is 11.1 Å². The molecular formula is C30H43N5O. The lowest BCUT2D eigenvalue weighted by molar-refractivity contribution is 0.111. The van der Waals surface area contributed by atoms with E-state index in [0.29, 0.717) is 24.1 Å². The molecule has 2 fully saturated rings.